The SMILES string of the molecule is CCc1ncc(S(=O)(=O)N2CCCC2C(N)=O)[nH]1. The fourth-order valence-corrected chi connectivity index (χ4v) is 3.69. The van der Waals surface area contributed by atoms with Gasteiger partial charge in [0.15, 0.2) is 5.03 Å². The molecular weight excluding hydrogens is 256 g/mol. The maximum absolute atomic E-state index is 12.3. The fraction of sp³-hybridized carbons (Fsp3) is 0.600. The van der Waals surface area contributed by atoms with Crippen molar-refractivity contribution in [2.45, 2.75) is 37.3 Å². The predicted molar refractivity (Wildman–Crippen MR) is 64.1 cm³/mol. The number of hydrogen-bond donors (Lipinski definition) is 2. The van der Waals surface area contributed by atoms with Crippen LogP contribution in [-0.2, 0) is 21.2 Å². The van der Waals surface area contributed by atoms with Crippen LogP contribution in [0.2, 0.25) is 0 Å². The molecular formula is C10H16N4O3S. The van der Waals surface area contributed by atoms with E-state index < -0.39 is 22.0 Å². The molecule has 0 spiro atoms. The van der Waals surface area contributed by atoms with Crippen molar-refractivity contribution in [2.75, 3.05) is 6.54 Å². The molecule has 0 saturated carbocycles. The Kier molecular flexibility index (Phi) is 3.40. The van der Waals surface area contributed by atoms with Crippen LogP contribution in [0.1, 0.15) is 25.6 Å². The molecule has 3 N–H and O–H groups in total. The molecule has 1 unspecified atom stereocenters. The summed E-state index contributed by atoms with van der Waals surface area (Å²) in [4.78, 5) is 18.0. The van der Waals surface area contributed by atoms with Crippen molar-refractivity contribution in [2.24, 2.45) is 5.73 Å². The lowest BCUT2D eigenvalue weighted by atomic mass is 10.2. The molecule has 0 aromatic carbocycles. The van der Waals surface area contributed by atoms with E-state index in [0.717, 1.165) is 4.31 Å². The zero-order valence-corrected chi connectivity index (χ0v) is 10.9. The lowest BCUT2D eigenvalue weighted by Gasteiger charge is -2.20. The Morgan fingerprint density at radius 1 is 1.67 bits per heavy atom. The lowest BCUT2D eigenvalue weighted by molar-refractivity contribution is -0.121. The molecule has 7 nitrogen and oxygen atoms in total. The first-order chi connectivity index (χ1) is 8.46. The summed E-state index contributed by atoms with van der Waals surface area (Å²) < 4.78 is 25.8. The van der Waals surface area contributed by atoms with Gasteiger partial charge in [-0.25, -0.2) is 13.4 Å². The highest BCUT2D eigenvalue weighted by atomic mass is 32.2. The summed E-state index contributed by atoms with van der Waals surface area (Å²) in [5.74, 6) is -0.00491. The molecule has 0 bridgehead atoms. The number of amides is 1. The first-order valence-electron chi connectivity index (χ1n) is 5.82. The third kappa shape index (κ3) is 2.13. The largest absolute Gasteiger partial charge is 0.368 e. The van der Waals surface area contributed by atoms with Crippen LogP contribution in [-0.4, -0.2) is 41.2 Å². The number of rotatable bonds is 4. The van der Waals surface area contributed by atoms with Gasteiger partial charge in [-0.05, 0) is 12.8 Å². The van der Waals surface area contributed by atoms with Crippen LogP contribution in [0.3, 0.4) is 0 Å². The molecule has 1 fully saturated rings. The number of aromatic amines is 1. The molecule has 1 aromatic heterocycles. The first-order valence-corrected chi connectivity index (χ1v) is 7.26. The minimum absolute atomic E-state index is 0.0208. The molecule has 1 aromatic rings. The van der Waals surface area contributed by atoms with Crippen molar-refractivity contribution in [1.82, 2.24) is 14.3 Å². The maximum Gasteiger partial charge on any atom is 0.260 e. The number of primary amides is 1. The summed E-state index contributed by atoms with van der Waals surface area (Å²) in [5, 5.41) is 0.0208. The topological polar surface area (TPSA) is 109 Å². The molecule has 0 aliphatic carbocycles. The number of carbonyl (C=O) groups excluding carboxylic acids is 1. The Balaban J connectivity index is 2.33. The number of imidazole rings is 1. The molecule has 2 heterocycles. The lowest BCUT2D eigenvalue weighted by Crippen LogP contribution is -2.43. The summed E-state index contributed by atoms with van der Waals surface area (Å²) >= 11 is 0. The number of H-pyrrole nitrogens is 1. The van der Waals surface area contributed by atoms with Gasteiger partial charge in [0.05, 0.1) is 6.20 Å². The number of sulfonamides is 1. The van der Waals surface area contributed by atoms with Crippen molar-refractivity contribution in [3.05, 3.63) is 12.0 Å². The van der Waals surface area contributed by atoms with Gasteiger partial charge in [-0.2, -0.15) is 4.31 Å². The second kappa shape index (κ2) is 4.69. The number of aromatic nitrogens is 2. The van der Waals surface area contributed by atoms with Crippen LogP contribution in [0.5, 0.6) is 0 Å². The zero-order chi connectivity index (χ0) is 13.3. The van der Waals surface area contributed by atoms with Crippen molar-refractivity contribution in [3.63, 3.8) is 0 Å². The molecule has 1 aliphatic rings. The van der Waals surface area contributed by atoms with E-state index in [1.165, 1.54) is 6.20 Å². The summed E-state index contributed by atoms with van der Waals surface area (Å²) in [7, 11) is -3.71. The fourth-order valence-electron chi connectivity index (χ4n) is 2.09. The van der Waals surface area contributed by atoms with Crippen LogP contribution in [0.25, 0.3) is 0 Å². The number of nitrogens with two attached hydrogens (primary N) is 1. The molecule has 1 saturated heterocycles. The Labute approximate surface area is 105 Å². The van der Waals surface area contributed by atoms with Gasteiger partial charge in [0.2, 0.25) is 5.91 Å². The van der Waals surface area contributed by atoms with Crippen LogP contribution in [0.4, 0.5) is 0 Å². The standard InChI is InChI=1S/C10H16N4O3S/c1-2-8-12-6-9(13-8)18(16,17)14-5-3-4-7(14)10(11)15/h6-7H,2-5H2,1H3,(H2,11,15)(H,12,13). The quantitative estimate of drug-likeness (QED) is 0.777. The monoisotopic (exact) mass is 272 g/mol. The zero-order valence-electron chi connectivity index (χ0n) is 10.1. The predicted octanol–water partition coefficient (Wildman–Crippen LogP) is -0.389. The van der Waals surface area contributed by atoms with E-state index in [0.29, 0.717) is 31.6 Å². The van der Waals surface area contributed by atoms with Crippen molar-refractivity contribution in [3.8, 4) is 0 Å². The summed E-state index contributed by atoms with van der Waals surface area (Å²) in [6.45, 7) is 2.19. The van der Waals surface area contributed by atoms with E-state index in [4.69, 9.17) is 5.73 Å². The van der Waals surface area contributed by atoms with Gasteiger partial charge >= 0.3 is 0 Å². The molecule has 1 atom stereocenters. The third-order valence-electron chi connectivity index (χ3n) is 3.06. The number of nitrogens with one attached hydrogen (secondary N) is 1. The average Bonchev–Trinajstić information content (AvgIpc) is 2.98. The number of carbonyl (C=O) groups is 1. The third-order valence-corrected chi connectivity index (χ3v) is 4.88. The summed E-state index contributed by atoms with van der Waals surface area (Å²) in [5.41, 5.74) is 5.22. The van der Waals surface area contributed by atoms with E-state index in [1.54, 1.807) is 0 Å². The molecule has 8 heteroatoms. The summed E-state index contributed by atoms with van der Waals surface area (Å²) in [6, 6.07) is -0.747. The highest BCUT2D eigenvalue weighted by Crippen LogP contribution is 2.24. The van der Waals surface area contributed by atoms with Crippen LogP contribution >= 0.6 is 0 Å². The van der Waals surface area contributed by atoms with Gasteiger partial charge in [0.25, 0.3) is 10.0 Å². The Morgan fingerprint density at radius 3 is 2.94 bits per heavy atom. The number of nitrogens with zero attached hydrogens (tertiary/aromatic N) is 2. The van der Waals surface area contributed by atoms with E-state index in [2.05, 4.69) is 9.97 Å². The average molecular weight is 272 g/mol. The number of aryl methyl sites for hydroxylation is 1. The first kappa shape index (κ1) is 13.0. The van der Waals surface area contributed by atoms with E-state index in [1.807, 2.05) is 6.92 Å². The van der Waals surface area contributed by atoms with Crippen molar-refractivity contribution in [1.29, 1.82) is 0 Å². The Hall–Kier alpha value is -1.41. The second-order valence-electron chi connectivity index (χ2n) is 4.22. The molecule has 100 valence electrons. The van der Waals surface area contributed by atoms with Crippen LogP contribution < -0.4 is 5.73 Å². The van der Waals surface area contributed by atoms with Crippen LogP contribution in [0, 0.1) is 0 Å². The number of hydrogen-bond acceptors (Lipinski definition) is 4. The van der Waals surface area contributed by atoms with E-state index >= 15 is 0 Å². The molecule has 1 amide bonds. The molecule has 1 aliphatic heterocycles. The van der Waals surface area contributed by atoms with Gasteiger partial charge in [0.1, 0.15) is 11.9 Å². The molecule has 18 heavy (non-hydrogen) atoms. The normalized spacial score (nSPS) is 21.3. The van der Waals surface area contributed by atoms with E-state index in [9.17, 15) is 13.2 Å². The summed E-state index contributed by atoms with van der Waals surface area (Å²) in [6.07, 6.45) is 3.02. The van der Waals surface area contributed by atoms with Crippen molar-refractivity contribution < 1.29 is 13.2 Å². The second-order valence-corrected chi connectivity index (χ2v) is 6.08. The van der Waals surface area contributed by atoms with Crippen molar-refractivity contribution >= 4 is 15.9 Å². The van der Waals surface area contributed by atoms with Gasteiger partial charge < -0.3 is 10.7 Å². The van der Waals surface area contributed by atoms with Crippen LogP contribution in [0.15, 0.2) is 11.2 Å². The van der Waals surface area contributed by atoms with Gasteiger partial charge in [0, 0.05) is 13.0 Å². The molecule has 2 rings (SSSR count). The highest BCUT2D eigenvalue weighted by molar-refractivity contribution is 7.89. The van der Waals surface area contributed by atoms with Gasteiger partial charge in [-0.15, -0.1) is 0 Å². The Bertz CT molecular complexity index is 551. The minimum Gasteiger partial charge on any atom is -0.368 e. The maximum atomic E-state index is 12.3. The molecule has 0 radical (unpaired) electrons. The van der Waals surface area contributed by atoms with E-state index in [-0.39, 0.29) is 5.03 Å². The minimum atomic E-state index is -3.71. The Morgan fingerprint density at radius 2 is 2.39 bits per heavy atom. The van der Waals surface area contributed by atoms with Gasteiger partial charge in [-0.1, -0.05) is 6.92 Å². The highest BCUT2D eigenvalue weighted by Gasteiger charge is 2.39. The smallest absolute Gasteiger partial charge is 0.260 e. The van der Waals surface area contributed by atoms with Gasteiger partial charge in [-0.3, -0.25) is 4.79 Å².